The van der Waals surface area contributed by atoms with E-state index in [0.29, 0.717) is 25.9 Å². The van der Waals surface area contributed by atoms with Crippen molar-refractivity contribution in [2.45, 2.75) is 39.0 Å². The minimum atomic E-state index is -0.728. The number of carboxylic acids is 1. The molecule has 94 valence electrons. The van der Waals surface area contributed by atoms with E-state index < -0.39 is 5.97 Å². The van der Waals surface area contributed by atoms with E-state index in [1.165, 1.54) is 5.57 Å². The summed E-state index contributed by atoms with van der Waals surface area (Å²) in [5.74, 6) is -0.852. The molecule has 2 rings (SSSR count). The molecule has 0 spiro atoms. The van der Waals surface area contributed by atoms with Gasteiger partial charge in [-0.2, -0.15) is 0 Å². The minimum absolute atomic E-state index is 0.142. The number of carbonyl (C=O) groups is 2. The maximum atomic E-state index is 12.2. The maximum Gasteiger partial charge on any atom is 0.306 e. The molecule has 0 unspecified atom stereocenters. The molecule has 0 atom stereocenters. The molecule has 0 aromatic rings. The molecule has 0 bridgehead atoms. The Hall–Kier alpha value is -1.32. The third kappa shape index (κ3) is 2.51. The molecular weight excluding hydrogens is 218 g/mol. The lowest BCUT2D eigenvalue weighted by Gasteiger charge is -2.30. The molecule has 4 nitrogen and oxygen atoms in total. The van der Waals surface area contributed by atoms with Crippen molar-refractivity contribution in [2.75, 3.05) is 13.1 Å². The summed E-state index contributed by atoms with van der Waals surface area (Å²) < 4.78 is 0. The summed E-state index contributed by atoms with van der Waals surface area (Å²) in [6.07, 6.45) is 4.19. The Bertz CT molecular complexity index is 365. The fourth-order valence-electron chi connectivity index (χ4n) is 2.70. The largest absolute Gasteiger partial charge is 0.481 e. The highest BCUT2D eigenvalue weighted by molar-refractivity contribution is 5.94. The van der Waals surface area contributed by atoms with Crippen LogP contribution in [0.3, 0.4) is 0 Å². The lowest BCUT2D eigenvalue weighted by molar-refractivity contribution is -0.145. The molecule has 1 fully saturated rings. The minimum Gasteiger partial charge on any atom is -0.481 e. The number of hydrogen-bond acceptors (Lipinski definition) is 2. The molecule has 0 saturated carbocycles. The predicted molar refractivity (Wildman–Crippen MR) is 63.5 cm³/mol. The monoisotopic (exact) mass is 237 g/mol. The molecule has 4 heteroatoms. The standard InChI is InChI=1S/C13H19NO3/c1-9-3-2-4-11(9)12(15)14-7-5-10(6-8-14)13(16)17/h10H,2-8H2,1H3,(H,16,17). The van der Waals surface area contributed by atoms with Gasteiger partial charge in [0, 0.05) is 18.7 Å². The summed E-state index contributed by atoms with van der Waals surface area (Å²) in [6.45, 7) is 3.21. The number of aliphatic carboxylic acids is 1. The van der Waals surface area contributed by atoms with Crippen LogP contribution in [-0.2, 0) is 9.59 Å². The highest BCUT2D eigenvalue weighted by atomic mass is 16.4. The SMILES string of the molecule is CC1=C(C(=O)N2CCC(C(=O)O)CC2)CCC1. The number of hydrogen-bond donors (Lipinski definition) is 1. The normalized spacial score (nSPS) is 22.1. The summed E-state index contributed by atoms with van der Waals surface area (Å²) in [7, 11) is 0. The third-order valence-corrected chi connectivity index (χ3v) is 3.88. The van der Waals surface area contributed by atoms with Crippen LogP contribution in [0.1, 0.15) is 39.0 Å². The average Bonchev–Trinajstić information content (AvgIpc) is 2.74. The zero-order chi connectivity index (χ0) is 12.4. The van der Waals surface area contributed by atoms with Crippen molar-refractivity contribution in [3.05, 3.63) is 11.1 Å². The Balaban J connectivity index is 1.95. The van der Waals surface area contributed by atoms with Gasteiger partial charge in [-0.15, -0.1) is 0 Å². The second-order valence-electron chi connectivity index (χ2n) is 5.02. The number of allylic oxidation sites excluding steroid dienone is 1. The molecule has 2 aliphatic rings. The van der Waals surface area contributed by atoms with Crippen molar-refractivity contribution in [2.24, 2.45) is 5.92 Å². The lowest BCUT2D eigenvalue weighted by atomic mass is 9.96. The second kappa shape index (κ2) is 4.90. The highest BCUT2D eigenvalue weighted by Crippen LogP contribution is 2.28. The van der Waals surface area contributed by atoms with Gasteiger partial charge in [-0.05, 0) is 39.0 Å². The van der Waals surface area contributed by atoms with E-state index in [-0.39, 0.29) is 11.8 Å². The van der Waals surface area contributed by atoms with Crippen molar-refractivity contribution < 1.29 is 14.7 Å². The van der Waals surface area contributed by atoms with Crippen molar-refractivity contribution >= 4 is 11.9 Å². The summed E-state index contributed by atoms with van der Waals surface area (Å²) in [6, 6.07) is 0. The number of rotatable bonds is 2. The van der Waals surface area contributed by atoms with Crippen molar-refractivity contribution in [3.8, 4) is 0 Å². The summed E-state index contributed by atoms with van der Waals surface area (Å²) in [5, 5.41) is 8.90. The van der Waals surface area contributed by atoms with Crippen LogP contribution in [-0.4, -0.2) is 35.0 Å². The Morgan fingerprint density at radius 2 is 1.88 bits per heavy atom. The fourth-order valence-corrected chi connectivity index (χ4v) is 2.70. The Morgan fingerprint density at radius 3 is 2.35 bits per heavy atom. The van der Waals surface area contributed by atoms with Gasteiger partial charge in [0.15, 0.2) is 0 Å². The van der Waals surface area contributed by atoms with Gasteiger partial charge in [-0.1, -0.05) is 5.57 Å². The molecule has 0 radical (unpaired) electrons. The average molecular weight is 237 g/mol. The molecule has 1 aliphatic heterocycles. The molecule has 1 N–H and O–H groups in total. The highest BCUT2D eigenvalue weighted by Gasteiger charge is 2.29. The molecule has 1 saturated heterocycles. The van der Waals surface area contributed by atoms with Gasteiger partial charge >= 0.3 is 5.97 Å². The molecule has 1 heterocycles. The predicted octanol–water partition coefficient (Wildman–Crippen LogP) is 1.81. The first-order valence-corrected chi connectivity index (χ1v) is 6.30. The van der Waals surface area contributed by atoms with E-state index in [2.05, 4.69) is 0 Å². The van der Waals surface area contributed by atoms with E-state index in [1.54, 1.807) is 0 Å². The first-order valence-electron chi connectivity index (χ1n) is 6.30. The van der Waals surface area contributed by atoms with E-state index in [1.807, 2.05) is 11.8 Å². The van der Waals surface area contributed by atoms with Gasteiger partial charge in [0.05, 0.1) is 5.92 Å². The number of likely N-dealkylation sites (tertiary alicyclic amines) is 1. The van der Waals surface area contributed by atoms with E-state index >= 15 is 0 Å². The summed E-state index contributed by atoms with van der Waals surface area (Å²) in [4.78, 5) is 24.9. The second-order valence-corrected chi connectivity index (χ2v) is 5.02. The van der Waals surface area contributed by atoms with E-state index in [4.69, 9.17) is 5.11 Å². The summed E-state index contributed by atoms with van der Waals surface area (Å²) in [5.41, 5.74) is 2.19. The quantitative estimate of drug-likeness (QED) is 0.796. The summed E-state index contributed by atoms with van der Waals surface area (Å²) >= 11 is 0. The Kier molecular flexibility index (Phi) is 3.50. The van der Waals surface area contributed by atoms with Crippen molar-refractivity contribution in [3.63, 3.8) is 0 Å². The number of carbonyl (C=O) groups excluding carboxylic acids is 1. The fraction of sp³-hybridized carbons (Fsp3) is 0.692. The van der Waals surface area contributed by atoms with Crippen LogP contribution in [0, 0.1) is 5.92 Å². The van der Waals surface area contributed by atoms with Gasteiger partial charge in [0.2, 0.25) is 5.91 Å². The zero-order valence-electron chi connectivity index (χ0n) is 10.2. The van der Waals surface area contributed by atoms with E-state index in [0.717, 1.165) is 24.8 Å². The lowest BCUT2D eigenvalue weighted by Crippen LogP contribution is -2.40. The van der Waals surface area contributed by atoms with Crippen molar-refractivity contribution in [1.82, 2.24) is 4.90 Å². The molecule has 0 aromatic heterocycles. The molecule has 0 aromatic carbocycles. The van der Waals surface area contributed by atoms with Crippen LogP contribution < -0.4 is 0 Å². The van der Waals surface area contributed by atoms with Crippen LogP contribution in [0.4, 0.5) is 0 Å². The number of piperidine rings is 1. The number of carboxylic acid groups (broad SMARTS) is 1. The zero-order valence-corrected chi connectivity index (χ0v) is 10.2. The van der Waals surface area contributed by atoms with Gasteiger partial charge in [-0.25, -0.2) is 0 Å². The van der Waals surface area contributed by atoms with Crippen LogP contribution in [0.25, 0.3) is 0 Å². The smallest absolute Gasteiger partial charge is 0.306 e. The number of amides is 1. The molecular formula is C13H19NO3. The van der Waals surface area contributed by atoms with Crippen LogP contribution in [0.15, 0.2) is 11.1 Å². The topological polar surface area (TPSA) is 57.6 Å². The van der Waals surface area contributed by atoms with Gasteiger partial charge in [-0.3, -0.25) is 9.59 Å². The van der Waals surface area contributed by atoms with Gasteiger partial charge in [0.1, 0.15) is 0 Å². The third-order valence-electron chi connectivity index (χ3n) is 3.88. The first kappa shape index (κ1) is 12.1. The van der Waals surface area contributed by atoms with Crippen LogP contribution in [0.5, 0.6) is 0 Å². The molecule has 17 heavy (non-hydrogen) atoms. The van der Waals surface area contributed by atoms with Crippen LogP contribution >= 0.6 is 0 Å². The van der Waals surface area contributed by atoms with Crippen molar-refractivity contribution in [1.29, 1.82) is 0 Å². The Morgan fingerprint density at radius 1 is 1.24 bits per heavy atom. The first-order chi connectivity index (χ1) is 8.09. The Labute approximate surface area is 101 Å². The maximum absolute atomic E-state index is 12.2. The van der Waals surface area contributed by atoms with Gasteiger partial charge in [0.25, 0.3) is 0 Å². The van der Waals surface area contributed by atoms with E-state index in [9.17, 15) is 9.59 Å². The molecule has 1 amide bonds. The molecule has 1 aliphatic carbocycles. The number of nitrogens with zero attached hydrogens (tertiary/aromatic N) is 1. The van der Waals surface area contributed by atoms with Gasteiger partial charge < -0.3 is 10.0 Å². The van der Waals surface area contributed by atoms with Crippen LogP contribution in [0.2, 0.25) is 0 Å².